The van der Waals surface area contributed by atoms with Crippen molar-refractivity contribution in [2.45, 2.75) is 50.1 Å². The summed E-state index contributed by atoms with van der Waals surface area (Å²) in [6.07, 6.45) is 4.12. The van der Waals surface area contributed by atoms with Gasteiger partial charge in [-0.15, -0.1) is 0 Å². The molecular formula is C15H24N2O3S. The van der Waals surface area contributed by atoms with Crippen molar-refractivity contribution in [3.63, 3.8) is 0 Å². The first-order valence-electron chi connectivity index (χ1n) is 7.39. The monoisotopic (exact) mass is 312 g/mol. The highest BCUT2D eigenvalue weighted by molar-refractivity contribution is 7.89. The summed E-state index contributed by atoms with van der Waals surface area (Å²) in [5.41, 5.74) is 6.37. The van der Waals surface area contributed by atoms with E-state index in [0.717, 1.165) is 18.4 Å². The second kappa shape index (κ2) is 6.77. The molecule has 1 aliphatic rings. The van der Waals surface area contributed by atoms with Crippen LogP contribution in [-0.4, -0.2) is 21.6 Å². The fourth-order valence-corrected chi connectivity index (χ4v) is 3.95. The van der Waals surface area contributed by atoms with E-state index in [0.29, 0.717) is 18.2 Å². The Morgan fingerprint density at radius 1 is 1.43 bits per heavy atom. The summed E-state index contributed by atoms with van der Waals surface area (Å²) in [7, 11) is -2.13. The van der Waals surface area contributed by atoms with Crippen LogP contribution in [-0.2, 0) is 16.6 Å². The highest BCUT2D eigenvalue weighted by atomic mass is 32.2. The van der Waals surface area contributed by atoms with Crippen molar-refractivity contribution in [1.29, 1.82) is 0 Å². The SMILES string of the molecule is CCC(CC1CC1)NS(=O)(=O)c1cc(CN)ccc1OC. The van der Waals surface area contributed by atoms with E-state index in [1.807, 2.05) is 6.92 Å². The number of hydrogen-bond acceptors (Lipinski definition) is 4. The maximum atomic E-state index is 12.6. The number of rotatable bonds is 8. The Hall–Kier alpha value is -1.11. The molecule has 1 aromatic rings. The van der Waals surface area contributed by atoms with Gasteiger partial charge in [-0.3, -0.25) is 0 Å². The molecule has 0 aromatic heterocycles. The first kappa shape index (κ1) is 16.3. The number of nitrogens with one attached hydrogen (secondary N) is 1. The molecular weight excluding hydrogens is 288 g/mol. The molecule has 6 heteroatoms. The normalized spacial score (nSPS) is 16.7. The van der Waals surface area contributed by atoms with Crippen LogP contribution in [0, 0.1) is 5.92 Å². The summed E-state index contributed by atoms with van der Waals surface area (Å²) in [5.74, 6) is 1.02. The Kier molecular flexibility index (Phi) is 5.24. The second-order valence-electron chi connectivity index (χ2n) is 5.59. The Labute approximate surface area is 126 Å². The first-order chi connectivity index (χ1) is 10.00. The van der Waals surface area contributed by atoms with Crippen LogP contribution in [0.5, 0.6) is 5.75 Å². The van der Waals surface area contributed by atoms with E-state index in [1.165, 1.54) is 20.0 Å². The average molecular weight is 312 g/mol. The van der Waals surface area contributed by atoms with Crippen LogP contribution in [0.15, 0.2) is 23.1 Å². The van der Waals surface area contributed by atoms with Gasteiger partial charge >= 0.3 is 0 Å². The van der Waals surface area contributed by atoms with Gasteiger partial charge in [-0.05, 0) is 36.5 Å². The molecule has 21 heavy (non-hydrogen) atoms. The minimum Gasteiger partial charge on any atom is -0.495 e. The lowest BCUT2D eigenvalue weighted by molar-refractivity contribution is 0.401. The lowest BCUT2D eigenvalue weighted by atomic mass is 10.1. The van der Waals surface area contributed by atoms with Gasteiger partial charge < -0.3 is 10.5 Å². The van der Waals surface area contributed by atoms with E-state index < -0.39 is 10.0 Å². The molecule has 118 valence electrons. The predicted molar refractivity (Wildman–Crippen MR) is 82.6 cm³/mol. The maximum Gasteiger partial charge on any atom is 0.244 e. The van der Waals surface area contributed by atoms with E-state index in [1.54, 1.807) is 18.2 Å². The molecule has 0 heterocycles. The van der Waals surface area contributed by atoms with Gasteiger partial charge in [0, 0.05) is 12.6 Å². The molecule has 1 aliphatic carbocycles. The highest BCUT2D eigenvalue weighted by Crippen LogP contribution is 2.34. The van der Waals surface area contributed by atoms with Crippen molar-refractivity contribution in [2.24, 2.45) is 11.7 Å². The van der Waals surface area contributed by atoms with E-state index in [-0.39, 0.29) is 10.9 Å². The molecule has 1 unspecified atom stereocenters. The Balaban J connectivity index is 2.24. The van der Waals surface area contributed by atoms with Crippen molar-refractivity contribution < 1.29 is 13.2 Å². The van der Waals surface area contributed by atoms with Crippen LogP contribution in [0.1, 0.15) is 38.2 Å². The summed E-state index contributed by atoms with van der Waals surface area (Å²) in [4.78, 5) is 0.169. The summed E-state index contributed by atoms with van der Waals surface area (Å²) in [6, 6.07) is 5.00. The zero-order valence-corrected chi connectivity index (χ0v) is 13.4. The largest absolute Gasteiger partial charge is 0.495 e. The maximum absolute atomic E-state index is 12.6. The lowest BCUT2D eigenvalue weighted by Gasteiger charge is -2.18. The van der Waals surface area contributed by atoms with Crippen molar-refractivity contribution >= 4 is 10.0 Å². The van der Waals surface area contributed by atoms with Gasteiger partial charge in [0.25, 0.3) is 0 Å². The number of methoxy groups -OCH3 is 1. The van der Waals surface area contributed by atoms with E-state index >= 15 is 0 Å². The van der Waals surface area contributed by atoms with E-state index in [2.05, 4.69) is 4.72 Å². The fourth-order valence-electron chi connectivity index (χ4n) is 2.40. The van der Waals surface area contributed by atoms with Gasteiger partial charge in [0.2, 0.25) is 10.0 Å². The molecule has 1 atom stereocenters. The summed E-state index contributed by atoms with van der Waals surface area (Å²) in [5, 5.41) is 0. The molecule has 3 N–H and O–H groups in total. The zero-order valence-electron chi connectivity index (χ0n) is 12.6. The lowest BCUT2D eigenvalue weighted by Crippen LogP contribution is -2.35. The molecule has 0 amide bonds. The van der Waals surface area contributed by atoms with Gasteiger partial charge in [-0.2, -0.15) is 0 Å². The van der Waals surface area contributed by atoms with Crippen molar-refractivity contribution in [3.05, 3.63) is 23.8 Å². The topological polar surface area (TPSA) is 81.4 Å². The van der Waals surface area contributed by atoms with Crippen molar-refractivity contribution in [3.8, 4) is 5.75 Å². The molecule has 1 saturated carbocycles. The number of benzene rings is 1. The van der Waals surface area contributed by atoms with Crippen molar-refractivity contribution in [1.82, 2.24) is 4.72 Å². The van der Waals surface area contributed by atoms with Crippen LogP contribution < -0.4 is 15.2 Å². The smallest absolute Gasteiger partial charge is 0.244 e. The first-order valence-corrected chi connectivity index (χ1v) is 8.87. The third-order valence-corrected chi connectivity index (χ3v) is 5.42. The minimum absolute atomic E-state index is 0.0197. The molecule has 1 aromatic carbocycles. The van der Waals surface area contributed by atoms with Crippen LogP contribution in [0.25, 0.3) is 0 Å². The van der Waals surface area contributed by atoms with Crippen molar-refractivity contribution in [2.75, 3.05) is 7.11 Å². The third kappa shape index (κ3) is 4.18. The quantitative estimate of drug-likeness (QED) is 0.769. The van der Waals surface area contributed by atoms with Crippen LogP contribution in [0.3, 0.4) is 0 Å². The van der Waals surface area contributed by atoms with Crippen LogP contribution in [0.4, 0.5) is 0 Å². The van der Waals surface area contributed by atoms with Gasteiger partial charge in [0.05, 0.1) is 7.11 Å². The summed E-state index contributed by atoms with van der Waals surface area (Å²) >= 11 is 0. The second-order valence-corrected chi connectivity index (χ2v) is 7.28. The fraction of sp³-hybridized carbons (Fsp3) is 0.600. The summed E-state index contributed by atoms with van der Waals surface area (Å²) in [6.45, 7) is 2.30. The molecule has 0 aliphatic heterocycles. The predicted octanol–water partition coefficient (Wildman–Crippen LogP) is 2.01. The molecule has 0 bridgehead atoms. The Bertz CT molecular complexity index is 583. The van der Waals surface area contributed by atoms with Gasteiger partial charge in [0.15, 0.2) is 0 Å². The highest BCUT2D eigenvalue weighted by Gasteiger charge is 2.28. The summed E-state index contributed by atoms with van der Waals surface area (Å²) < 4.78 is 33.2. The number of hydrogen-bond donors (Lipinski definition) is 2. The van der Waals surface area contributed by atoms with Crippen LogP contribution >= 0.6 is 0 Å². The molecule has 0 saturated heterocycles. The molecule has 0 radical (unpaired) electrons. The van der Waals surface area contributed by atoms with Gasteiger partial charge in [-0.1, -0.05) is 25.8 Å². The van der Waals surface area contributed by atoms with Gasteiger partial charge in [-0.25, -0.2) is 13.1 Å². The van der Waals surface area contributed by atoms with Crippen LogP contribution in [0.2, 0.25) is 0 Å². The zero-order chi connectivity index (χ0) is 15.5. The molecule has 0 spiro atoms. The Morgan fingerprint density at radius 2 is 2.14 bits per heavy atom. The molecule has 2 rings (SSSR count). The van der Waals surface area contributed by atoms with E-state index in [4.69, 9.17) is 10.5 Å². The minimum atomic E-state index is -3.60. The molecule has 1 fully saturated rings. The Morgan fingerprint density at radius 3 is 2.67 bits per heavy atom. The number of sulfonamides is 1. The standard InChI is InChI=1S/C15H24N2O3S/c1-3-13(8-11-4-5-11)17-21(18,19)15-9-12(10-16)6-7-14(15)20-2/h6-7,9,11,13,17H,3-5,8,10,16H2,1-2H3. The van der Waals surface area contributed by atoms with E-state index in [9.17, 15) is 8.42 Å². The number of nitrogens with two attached hydrogens (primary N) is 1. The van der Waals surface area contributed by atoms with Gasteiger partial charge in [0.1, 0.15) is 10.6 Å². The third-order valence-electron chi connectivity index (χ3n) is 3.88. The molecule has 5 nitrogen and oxygen atoms in total. The number of ether oxygens (including phenoxy) is 1. The average Bonchev–Trinajstić information content (AvgIpc) is 3.29.